The molecule has 5 nitrogen and oxygen atoms in total. The van der Waals surface area contributed by atoms with Gasteiger partial charge in [0.15, 0.2) is 0 Å². The Hall–Kier alpha value is -1.62. The summed E-state index contributed by atoms with van der Waals surface area (Å²) >= 11 is 0. The number of carbonyl (C=O) groups is 1. The molecule has 2 N–H and O–H groups in total. The van der Waals surface area contributed by atoms with Gasteiger partial charge in [-0.05, 0) is 40.7 Å². The third-order valence-electron chi connectivity index (χ3n) is 4.11. The first-order chi connectivity index (χ1) is 9.11. The summed E-state index contributed by atoms with van der Waals surface area (Å²) in [4.78, 5) is 15.7. The van der Waals surface area contributed by atoms with Gasteiger partial charge in [-0.3, -0.25) is 4.79 Å². The molecule has 1 aromatic rings. The van der Waals surface area contributed by atoms with Crippen molar-refractivity contribution < 1.29 is 14.6 Å². The number of pyridine rings is 1. The lowest BCUT2D eigenvalue weighted by Gasteiger charge is -2.39. The first-order valence-corrected chi connectivity index (χ1v) is 6.61. The highest BCUT2D eigenvalue weighted by Gasteiger charge is 2.43. The van der Waals surface area contributed by atoms with Crippen LogP contribution in [-0.2, 0) is 11.3 Å². The van der Waals surface area contributed by atoms with E-state index in [9.17, 15) is 9.90 Å². The summed E-state index contributed by atoms with van der Waals surface area (Å²) in [6, 6.07) is 3.85. The maximum Gasteiger partial charge on any atom is 0.310 e. The van der Waals surface area contributed by atoms with Crippen molar-refractivity contribution >= 4 is 5.97 Å². The van der Waals surface area contributed by atoms with Gasteiger partial charge in [-0.25, -0.2) is 4.98 Å². The molecule has 0 bridgehead atoms. The molecule has 0 saturated carbocycles. The second-order valence-corrected chi connectivity index (χ2v) is 6.04. The average molecular weight is 280 g/mol. The van der Waals surface area contributed by atoms with Gasteiger partial charge >= 0.3 is 5.97 Å². The molecular weight excluding hydrogens is 256 g/mol. The van der Waals surface area contributed by atoms with E-state index < -0.39 is 16.9 Å². The molecule has 112 valence electrons. The minimum Gasteiger partial charge on any atom is -0.481 e. The zero-order valence-electron chi connectivity index (χ0n) is 13.1. The van der Waals surface area contributed by atoms with E-state index in [1.807, 2.05) is 32.9 Å². The second kappa shape index (κ2) is 5.79. The number of nitrogens with one attached hydrogen (secondary N) is 1. The number of hydrogen-bond donors (Lipinski definition) is 2. The molecule has 0 aliphatic rings. The van der Waals surface area contributed by atoms with Gasteiger partial charge in [0.2, 0.25) is 5.88 Å². The lowest BCUT2D eigenvalue weighted by atomic mass is 9.74. The van der Waals surface area contributed by atoms with Gasteiger partial charge in [-0.1, -0.05) is 6.07 Å². The van der Waals surface area contributed by atoms with Crippen molar-refractivity contribution in [2.75, 3.05) is 7.11 Å². The Morgan fingerprint density at radius 2 is 1.95 bits per heavy atom. The van der Waals surface area contributed by atoms with Crippen molar-refractivity contribution in [2.24, 2.45) is 5.41 Å². The highest BCUT2D eigenvalue weighted by atomic mass is 16.5. The molecule has 0 radical (unpaired) electrons. The van der Waals surface area contributed by atoms with Crippen molar-refractivity contribution in [3.05, 3.63) is 23.4 Å². The van der Waals surface area contributed by atoms with E-state index in [0.717, 1.165) is 11.3 Å². The SMILES string of the molecule is COc1nc(CNC(C)(C)C(C)(C)C(=O)O)ccc1C. The Morgan fingerprint density at radius 3 is 2.45 bits per heavy atom. The third kappa shape index (κ3) is 3.28. The summed E-state index contributed by atoms with van der Waals surface area (Å²) in [5, 5.41) is 12.6. The number of methoxy groups -OCH3 is 1. The van der Waals surface area contributed by atoms with Crippen LogP contribution in [0.2, 0.25) is 0 Å². The van der Waals surface area contributed by atoms with Gasteiger partial charge in [-0.15, -0.1) is 0 Å². The van der Waals surface area contributed by atoms with E-state index in [1.165, 1.54) is 0 Å². The Kier molecular flexibility index (Phi) is 4.76. The number of aromatic nitrogens is 1. The van der Waals surface area contributed by atoms with E-state index in [1.54, 1.807) is 21.0 Å². The normalized spacial score (nSPS) is 12.3. The van der Waals surface area contributed by atoms with Crippen LogP contribution < -0.4 is 10.1 Å². The predicted octanol–water partition coefficient (Wildman–Crippen LogP) is 2.38. The van der Waals surface area contributed by atoms with Crippen LogP contribution >= 0.6 is 0 Å². The van der Waals surface area contributed by atoms with Crippen molar-refractivity contribution in [2.45, 2.75) is 46.7 Å². The fourth-order valence-electron chi connectivity index (χ4n) is 1.65. The van der Waals surface area contributed by atoms with Gasteiger partial charge in [0.25, 0.3) is 0 Å². The second-order valence-electron chi connectivity index (χ2n) is 6.04. The minimum atomic E-state index is -0.887. The molecule has 1 heterocycles. The van der Waals surface area contributed by atoms with Crippen molar-refractivity contribution in [1.29, 1.82) is 0 Å². The molecule has 0 saturated heterocycles. The molecule has 0 spiro atoms. The highest BCUT2D eigenvalue weighted by molar-refractivity contribution is 5.75. The number of nitrogens with zero attached hydrogens (tertiary/aromatic N) is 1. The molecular formula is C15H24N2O3. The summed E-state index contributed by atoms with van der Waals surface area (Å²) in [6.07, 6.45) is 0. The Labute approximate surface area is 120 Å². The summed E-state index contributed by atoms with van der Waals surface area (Å²) in [7, 11) is 1.59. The van der Waals surface area contributed by atoms with Crippen LogP contribution in [0, 0.1) is 12.3 Å². The van der Waals surface area contributed by atoms with Crippen molar-refractivity contribution in [1.82, 2.24) is 10.3 Å². The third-order valence-corrected chi connectivity index (χ3v) is 4.11. The average Bonchev–Trinajstić information content (AvgIpc) is 2.37. The number of ether oxygens (including phenoxy) is 1. The summed E-state index contributed by atoms with van der Waals surface area (Å²) in [5.74, 6) is -0.232. The Balaban J connectivity index is 2.83. The number of carboxylic acid groups (broad SMARTS) is 1. The molecule has 20 heavy (non-hydrogen) atoms. The molecule has 1 aromatic heterocycles. The molecule has 0 aliphatic carbocycles. The molecule has 0 amide bonds. The fourth-order valence-corrected chi connectivity index (χ4v) is 1.65. The molecule has 0 aliphatic heterocycles. The van der Waals surface area contributed by atoms with Gasteiger partial charge in [-0.2, -0.15) is 0 Å². The Bertz CT molecular complexity index is 496. The monoisotopic (exact) mass is 280 g/mol. The largest absolute Gasteiger partial charge is 0.481 e. The topological polar surface area (TPSA) is 71.5 Å². The van der Waals surface area contributed by atoms with Crippen LogP contribution in [0.3, 0.4) is 0 Å². The van der Waals surface area contributed by atoms with Crippen LogP contribution in [0.4, 0.5) is 0 Å². The fraction of sp³-hybridized carbons (Fsp3) is 0.600. The molecule has 5 heteroatoms. The predicted molar refractivity (Wildman–Crippen MR) is 77.9 cm³/mol. The number of rotatable bonds is 6. The van der Waals surface area contributed by atoms with Gasteiger partial charge in [0, 0.05) is 17.6 Å². The molecule has 0 aromatic carbocycles. The summed E-state index contributed by atoms with van der Waals surface area (Å²) in [6.45, 7) is 9.61. The lowest BCUT2D eigenvalue weighted by molar-refractivity contribution is -0.151. The van der Waals surface area contributed by atoms with E-state index in [2.05, 4.69) is 10.3 Å². The van der Waals surface area contributed by atoms with E-state index in [0.29, 0.717) is 12.4 Å². The van der Waals surface area contributed by atoms with E-state index in [-0.39, 0.29) is 0 Å². The van der Waals surface area contributed by atoms with Crippen LogP contribution in [0.1, 0.15) is 39.0 Å². The van der Waals surface area contributed by atoms with Crippen molar-refractivity contribution in [3.8, 4) is 5.88 Å². The van der Waals surface area contributed by atoms with Crippen LogP contribution in [0.15, 0.2) is 12.1 Å². The quantitative estimate of drug-likeness (QED) is 0.837. The standard InChI is InChI=1S/C15H24N2O3/c1-10-7-8-11(17-12(10)20-6)9-16-15(4,5)14(2,3)13(18)19/h7-8,16H,9H2,1-6H3,(H,18,19). The van der Waals surface area contributed by atoms with Crippen LogP contribution in [-0.4, -0.2) is 28.7 Å². The van der Waals surface area contributed by atoms with E-state index in [4.69, 9.17) is 4.74 Å². The zero-order valence-corrected chi connectivity index (χ0v) is 13.1. The summed E-state index contributed by atoms with van der Waals surface area (Å²) < 4.78 is 5.19. The lowest BCUT2D eigenvalue weighted by Crippen LogP contribution is -2.54. The molecule has 0 fully saturated rings. The summed E-state index contributed by atoms with van der Waals surface area (Å²) in [5.41, 5.74) is 0.337. The highest BCUT2D eigenvalue weighted by Crippen LogP contribution is 2.31. The maximum absolute atomic E-state index is 11.3. The molecule has 0 unspecified atom stereocenters. The van der Waals surface area contributed by atoms with E-state index >= 15 is 0 Å². The number of aryl methyl sites for hydroxylation is 1. The van der Waals surface area contributed by atoms with Gasteiger partial charge in [0.05, 0.1) is 18.2 Å². The number of hydrogen-bond acceptors (Lipinski definition) is 4. The van der Waals surface area contributed by atoms with Gasteiger partial charge < -0.3 is 15.2 Å². The molecule has 0 atom stereocenters. The van der Waals surface area contributed by atoms with Crippen LogP contribution in [0.5, 0.6) is 5.88 Å². The maximum atomic E-state index is 11.3. The first kappa shape index (κ1) is 16.4. The number of aliphatic carboxylic acids is 1. The zero-order chi connectivity index (χ0) is 15.6. The van der Waals surface area contributed by atoms with Gasteiger partial charge in [0.1, 0.15) is 0 Å². The minimum absolute atomic E-state index is 0.486. The Morgan fingerprint density at radius 1 is 1.35 bits per heavy atom. The first-order valence-electron chi connectivity index (χ1n) is 6.61. The van der Waals surface area contributed by atoms with Crippen LogP contribution in [0.25, 0.3) is 0 Å². The van der Waals surface area contributed by atoms with Crippen molar-refractivity contribution in [3.63, 3.8) is 0 Å². The molecule has 1 rings (SSSR count). The smallest absolute Gasteiger partial charge is 0.310 e. The number of carboxylic acids is 1.